The summed E-state index contributed by atoms with van der Waals surface area (Å²) in [5.74, 6) is -0.966. The molecule has 0 heterocycles. The Bertz CT molecular complexity index is 225. The van der Waals surface area contributed by atoms with E-state index in [0.717, 1.165) is 0 Å². The van der Waals surface area contributed by atoms with Crippen molar-refractivity contribution in [3.05, 3.63) is 11.6 Å². The molecule has 0 amide bonds. The molecule has 0 saturated heterocycles. The highest BCUT2D eigenvalue weighted by Gasteiger charge is 2.24. The molecule has 0 aromatic carbocycles. The fourth-order valence-corrected chi connectivity index (χ4v) is 1.02. The molecule has 0 aliphatic rings. The number of hydrogen-bond acceptors (Lipinski definition) is 4. The van der Waals surface area contributed by atoms with Crippen LogP contribution in [-0.2, 0) is 4.79 Å². The van der Waals surface area contributed by atoms with Crippen molar-refractivity contribution < 1.29 is 20.1 Å². The van der Waals surface area contributed by atoms with E-state index in [1.807, 2.05) is 6.92 Å². The average Bonchev–Trinajstić information content (AvgIpc) is 2.24. The normalized spacial score (nSPS) is 12.9. The zero-order valence-electron chi connectivity index (χ0n) is 9.16. The van der Waals surface area contributed by atoms with Crippen molar-refractivity contribution >= 4 is 5.97 Å². The van der Waals surface area contributed by atoms with Crippen LogP contribution < -0.4 is 5.32 Å². The largest absolute Gasteiger partial charge is 0.478 e. The van der Waals surface area contributed by atoms with Crippen molar-refractivity contribution in [1.82, 2.24) is 5.32 Å². The molecule has 5 nitrogen and oxygen atoms in total. The fraction of sp³-hybridized carbons (Fsp3) is 0.700. The molecule has 0 aliphatic heterocycles. The Morgan fingerprint density at radius 2 is 1.93 bits per heavy atom. The maximum Gasteiger partial charge on any atom is 0.330 e. The summed E-state index contributed by atoms with van der Waals surface area (Å²) in [7, 11) is 0. The molecule has 0 bridgehead atoms. The Hall–Kier alpha value is -0.910. The van der Waals surface area contributed by atoms with Crippen LogP contribution in [0, 0.1) is 0 Å². The van der Waals surface area contributed by atoms with Gasteiger partial charge in [-0.3, -0.25) is 0 Å². The van der Waals surface area contributed by atoms with Crippen molar-refractivity contribution in [2.24, 2.45) is 0 Å². The summed E-state index contributed by atoms with van der Waals surface area (Å²) in [4.78, 5) is 10.5. The van der Waals surface area contributed by atoms with E-state index in [1.165, 1.54) is 13.0 Å². The number of aliphatic hydroxyl groups excluding tert-OH is 2. The van der Waals surface area contributed by atoms with Crippen LogP contribution in [0.4, 0.5) is 0 Å². The molecule has 0 spiro atoms. The van der Waals surface area contributed by atoms with Gasteiger partial charge in [-0.1, -0.05) is 13.0 Å². The highest BCUT2D eigenvalue weighted by atomic mass is 16.4. The maximum absolute atomic E-state index is 10.5. The molecule has 0 fully saturated rings. The van der Waals surface area contributed by atoms with E-state index in [1.54, 1.807) is 0 Å². The third-order valence-electron chi connectivity index (χ3n) is 2.50. The first-order chi connectivity index (χ1) is 7.01. The summed E-state index contributed by atoms with van der Waals surface area (Å²) in [6.45, 7) is 3.29. The standard InChI is InChI=1S/C10H19NO4/c1-3-10(6-12,7-13)11-5-4-8(2)9(14)15/h4,11-13H,3,5-7H2,1-2H3,(H,14,15)/b8-4-. The Balaban J connectivity index is 4.23. The monoisotopic (exact) mass is 217 g/mol. The number of hydrogen-bond donors (Lipinski definition) is 4. The summed E-state index contributed by atoms with van der Waals surface area (Å²) in [6, 6.07) is 0. The zero-order valence-corrected chi connectivity index (χ0v) is 9.16. The van der Waals surface area contributed by atoms with Gasteiger partial charge in [0.15, 0.2) is 0 Å². The first-order valence-electron chi connectivity index (χ1n) is 4.88. The van der Waals surface area contributed by atoms with Gasteiger partial charge in [-0.25, -0.2) is 4.79 Å². The first kappa shape index (κ1) is 14.1. The predicted molar refractivity (Wildman–Crippen MR) is 56.6 cm³/mol. The molecule has 0 rings (SSSR count). The Kier molecular flexibility index (Phi) is 6.15. The molecule has 0 unspecified atom stereocenters. The minimum Gasteiger partial charge on any atom is -0.478 e. The van der Waals surface area contributed by atoms with Crippen LogP contribution in [0.25, 0.3) is 0 Å². The van der Waals surface area contributed by atoms with Gasteiger partial charge in [0.2, 0.25) is 0 Å². The lowest BCUT2D eigenvalue weighted by atomic mass is 9.98. The molecule has 0 aliphatic carbocycles. The highest BCUT2D eigenvalue weighted by Crippen LogP contribution is 2.07. The molecular formula is C10H19NO4. The second-order valence-corrected chi connectivity index (χ2v) is 3.52. The minimum absolute atomic E-state index is 0.181. The van der Waals surface area contributed by atoms with Crippen LogP contribution in [0.5, 0.6) is 0 Å². The van der Waals surface area contributed by atoms with Gasteiger partial charge < -0.3 is 20.6 Å². The Morgan fingerprint density at radius 3 is 2.27 bits per heavy atom. The van der Waals surface area contributed by atoms with Crippen LogP contribution in [0.15, 0.2) is 11.6 Å². The number of carboxylic acids is 1. The molecule has 88 valence electrons. The number of aliphatic carboxylic acids is 1. The molecule has 0 atom stereocenters. The Labute approximate surface area is 89.4 Å². The van der Waals surface area contributed by atoms with Gasteiger partial charge >= 0.3 is 5.97 Å². The van der Waals surface area contributed by atoms with Gasteiger partial charge in [-0.05, 0) is 13.3 Å². The average molecular weight is 217 g/mol. The molecule has 0 saturated carbocycles. The van der Waals surface area contributed by atoms with Gasteiger partial charge in [0.25, 0.3) is 0 Å². The van der Waals surface area contributed by atoms with Crippen LogP contribution >= 0.6 is 0 Å². The third kappa shape index (κ3) is 4.42. The second kappa shape index (κ2) is 6.55. The molecule has 0 radical (unpaired) electrons. The van der Waals surface area contributed by atoms with E-state index in [0.29, 0.717) is 13.0 Å². The zero-order chi connectivity index (χ0) is 11.9. The summed E-state index contributed by atoms with van der Waals surface area (Å²) >= 11 is 0. The number of carboxylic acid groups (broad SMARTS) is 1. The van der Waals surface area contributed by atoms with Gasteiger partial charge in [0.05, 0.1) is 18.8 Å². The maximum atomic E-state index is 10.5. The van der Waals surface area contributed by atoms with Crippen LogP contribution in [0.1, 0.15) is 20.3 Å². The minimum atomic E-state index is -0.966. The lowest BCUT2D eigenvalue weighted by Gasteiger charge is -2.29. The Morgan fingerprint density at radius 1 is 1.40 bits per heavy atom. The molecule has 0 aromatic heterocycles. The molecular weight excluding hydrogens is 198 g/mol. The summed E-state index contributed by atoms with van der Waals surface area (Å²) < 4.78 is 0. The van der Waals surface area contributed by atoms with Crippen LogP contribution in [-0.4, -0.2) is 46.6 Å². The number of rotatable bonds is 7. The van der Waals surface area contributed by atoms with Gasteiger partial charge in [-0.15, -0.1) is 0 Å². The number of aliphatic hydroxyl groups is 2. The van der Waals surface area contributed by atoms with E-state index in [2.05, 4.69) is 5.32 Å². The molecule has 15 heavy (non-hydrogen) atoms. The van der Waals surface area contributed by atoms with Crippen molar-refractivity contribution in [3.8, 4) is 0 Å². The summed E-state index contributed by atoms with van der Waals surface area (Å²) in [6.07, 6.45) is 2.08. The number of nitrogens with one attached hydrogen (secondary N) is 1. The van der Waals surface area contributed by atoms with Crippen molar-refractivity contribution in [3.63, 3.8) is 0 Å². The van der Waals surface area contributed by atoms with E-state index in [-0.39, 0.29) is 18.8 Å². The quantitative estimate of drug-likeness (QED) is 0.441. The SMILES string of the molecule is CCC(CO)(CO)NC/C=C(/C)C(=O)O. The third-order valence-corrected chi connectivity index (χ3v) is 2.50. The fourth-order valence-electron chi connectivity index (χ4n) is 1.02. The van der Waals surface area contributed by atoms with E-state index in [9.17, 15) is 4.79 Å². The number of carbonyl (C=O) groups is 1. The van der Waals surface area contributed by atoms with Gasteiger partial charge in [0.1, 0.15) is 0 Å². The van der Waals surface area contributed by atoms with Crippen LogP contribution in [0.3, 0.4) is 0 Å². The smallest absolute Gasteiger partial charge is 0.330 e. The van der Waals surface area contributed by atoms with Gasteiger partial charge in [-0.2, -0.15) is 0 Å². The van der Waals surface area contributed by atoms with E-state index >= 15 is 0 Å². The molecule has 0 aromatic rings. The van der Waals surface area contributed by atoms with Crippen LogP contribution in [0.2, 0.25) is 0 Å². The van der Waals surface area contributed by atoms with Crippen molar-refractivity contribution in [2.45, 2.75) is 25.8 Å². The van der Waals surface area contributed by atoms with E-state index < -0.39 is 11.5 Å². The second-order valence-electron chi connectivity index (χ2n) is 3.52. The summed E-state index contributed by atoms with van der Waals surface area (Å²) in [5.41, 5.74) is -0.488. The summed E-state index contributed by atoms with van der Waals surface area (Å²) in [5, 5.41) is 29.7. The molecule has 5 heteroatoms. The lowest BCUT2D eigenvalue weighted by Crippen LogP contribution is -2.51. The van der Waals surface area contributed by atoms with Gasteiger partial charge in [0, 0.05) is 12.1 Å². The predicted octanol–water partition coefficient (Wildman–Crippen LogP) is -0.260. The lowest BCUT2D eigenvalue weighted by molar-refractivity contribution is -0.132. The highest BCUT2D eigenvalue weighted by molar-refractivity contribution is 5.85. The van der Waals surface area contributed by atoms with E-state index in [4.69, 9.17) is 15.3 Å². The topological polar surface area (TPSA) is 89.8 Å². The van der Waals surface area contributed by atoms with Crippen molar-refractivity contribution in [1.29, 1.82) is 0 Å². The molecule has 4 N–H and O–H groups in total. The van der Waals surface area contributed by atoms with Crippen molar-refractivity contribution in [2.75, 3.05) is 19.8 Å². The first-order valence-corrected chi connectivity index (χ1v) is 4.88.